The fourth-order valence-corrected chi connectivity index (χ4v) is 2.46. The van der Waals surface area contributed by atoms with Gasteiger partial charge in [0.15, 0.2) is 0 Å². The molecule has 3 rings (SSSR count). The van der Waals surface area contributed by atoms with Gasteiger partial charge in [-0.05, 0) is 31.7 Å². The van der Waals surface area contributed by atoms with Gasteiger partial charge in [-0.2, -0.15) is 0 Å². The molecule has 0 aliphatic heterocycles. The van der Waals surface area contributed by atoms with E-state index in [0.29, 0.717) is 5.92 Å². The van der Waals surface area contributed by atoms with Crippen molar-refractivity contribution in [2.75, 3.05) is 5.32 Å². The number of nitrogens with zero attached hydrogens (tertiary/aromatic N) is 2. The number of nitrogens with one attached hydrogen (secondary N) is 1. The summed E-state index contributed by atoms with van der Waals surface area (Å²) in [7, 11) is 0. The van der Waals surface area contributed by atoms with Crippen molar-refractivity contribution >= 4 is 5.82 Å². The van der Waals surface area contributed by atoms with Crippen LogP contribution >= 0.6 is 0 Å². The molecule has 4 heteroatoms. The van der Waals surface area contributed by atoms with Crippen LogP contribution in [0.4, 0.5) is 5.82 Å². The molecule has 2 N–H and O–H groups in total. The van der Waals surface area contributed by atoms with E-state index in [9.17, 15) is 5.11 Å². The van der Waals surface area contributed by atoms with E-state index in [1.807, 2.05) is 12.3 Å². The van der Waals surface area contributed by atoms with Gasteiger partial charge in [-0.1, -0.05) is 12.8 Å². The fourth-order valence-electron chi connectivity index (χ4n) is 2.46. The number of rotatable bonds is 3. The van der Waals surface area contributed by atoms with Crippen LogP contribution in [-0.2, 0) is 0 Å². The predicted octanol–water partition coefficient (Wildman–Crippen LogP) is 2.07. The van der Waals surface area contributed by atoms with Crippen molar-refractivity contribution in [2.45, 2.75) is 56.6 Å². The van der Waals surface area contributed by atoms with Crippen molar-refractivity contribution in [1.29, 1.82) is 0 Å². The Morgan fingerprint density at radius 2 is 2.00 bits per heavy atom. The number of aromatic nitrogens is 2. The topological polar surface area (TPSA) is 58.0 Å². The van der Waals surface area contributed by atoms with Crippen LogP contribution < -0.4 is 5.32 Å². The summed E-state index contributed by atoms with van der Waals surface area (Å²) in [5.74, 6) is 2.40. The minimum atomic E-state index is -0.233. The Morgan fingerprint density at radius 3 is 2.76 bits per heavy atom. The van der Waals surface area contributed by atoms with E-state index in [1.54, 1.807) is 0 Å². The Morgan fingerprint density at radius 1 is 1.18 bits per heavy atom. The SMILES string of the molecule is O[C@H]1CCCC[C@@H]1Nc1ccnc(C2CC2)n1. The molecule has 1 aromatic heterocycles. The highest BCUT2D eigenvalue weighted by molar-refractivity contribution is 5.35. The summed E-state index contributed by atoms with van der Waals surface area (Å²) in [4.78, 5) is 8.83. The number of hydrogen-bond acceptors (Lipinski definition) is 4. The van der Waals surface area contributed by atoms with Gasteiger partial charge in [-0.3, -0.25) is 0 Å². The van der Waals surface area contributed by atoms with E-state index < -0.39 is 0 Å². The molecule has 1 aromatic rings. The Kier molecular flexibility index (Phi) is 2.97. The van der Waals surface area contributed by atoms with E-state index in [-0.39, 0.29) is 12.1 Å². The number of aliphatic hydroxyl groups is 1. The van der Waals surface area contributed by atoms with Crippen LogP contribution in [0, 0.1) is 0 Å². The van der Waals surface area contributed by atoms with Gasteiger partial charge in [0, 0.05) is 12.1 Å². The molecule has 2 aliphatic carbocycles. The summed E-state index contributed by atoms with van der Waals surface area (Å²) < 4.78 is 0. The van der Waals surface area contributed by atoms with Gasteiger partial charge >= 0.3 is 0 Å². The second kappa shape index (κ2) is 4.61. The van der Waals surface area contributed by atoms with Gasteiger partial charge in [0.1, 0.15) is 11.6 Å². The largest absolute Gasteiger partial charge is 0.391 e. The van der Waals surface area contributed by atoms with Gasteiger partial charge in [-0.15, -0.1) is 0 Å². The average molecular weight is 233 g/mol. The highest BCUT2D eigenvalue weighted by Crippen LogP contribution is 2.38. The molecule has 0 unspecified atom stereocenters. The summed E-state index contributed by atoms with van der Waals surface area (Å²) in [6.07, 6.45) is 8.28. The summed E-state index contributed by atoms with van der Waals surface area (Å²) in [6, 6.07) is 2.05. The van der Waals surface area contributed by atoms with Gasteiger partial charge < -0.3 is 10.4 Å². The summed E-state index contributed by atoms with van der Waals surface area (Å²) in [6.45, 7) is 0. The highest BCUT2D eigenvalue weighted by Gasteiger charge is 2.27. The first-order valence-corrected chi connectivity index (χ1v) is 6.60. The minimum Gasteiger partial charge on any atom is -0.391 e. The molecule has 0 radical (unpaired) electrons. The molecule has 2 atom stereocenters. The van der Waals surface area contributed by atoms with Crippen molar-refractivity contribution in [1.82, 2.24) is 9.97 Å². The molecule has 0 bridgehead atoms. The maximum atomic E-state index is 9.92. The molecule has 2 fully saturated rings. The Labute approximate surface area is 101 Å². The molecule has 0 spiro atoms. The van der Waals surface area contributed by atoms with Crippen LogP contribution in [0.5, 0.6) is 0 Å². The molecule has 0 aromatic carbocycles. The van der Waals surface area contributed by atoms with Gasteiger partial charge in [0.2, 0.25) is 0 Å². The Balaban J connectivity index is 1.68. The zero-order valence-corrected chi connectivity index (χ0v) is 9.97. The smallest absolute Gasteiger partial charge is 0.133 e. The quantitative estimate of drug-likeness (QED) is 0.839. The molecule has 0 amide bonds. The van der Waals surface area contributed by atoms with Crippen molar-refractivity contribution in [3.05, 3.63) is 18.1 Å². The first-order valence-electron chi connectivity index (χ1n) is 6.60. The molecular formula is C13H19N3O. The third-order valence-electron chi connectivity index (χ3n) is 3.68. The van der Waals surface area contributed by atoms with E-state index >= 15 is 0 Å². The second-order valence-electron chi connectivity index (χ2n) is 5.18. The van der Waals surface area contributed by atoms with Crippen LogP contribution in [-0.4, -0.2) is 27.2 Å². The standard InChI is InChI=1S/C13H19N3O/c17-11-4-2-1-3-10(11)15-12-7-8-14-13(16-12)9-5-6-9/h7-11,17H,1-6H2,(H,14,15,16)/t10-,11-/m0/s1. The molecule has 2 aliphatic rings. The summed E-state index contributed by atoms with van der Waals surface area (Å²) in [5, 5.41) is 13.3. The molecule has 92 valence electrons. The molecule has 4 nitrogen and oxygen atoms in total. The predicted molar refractivity (Wildman–Crippen MR) is 65.9 cm³/mol. The van der Waals surface area contributed by atoms with E-state index in [4.69, 9.17) is 0 Å². The molecule has 2 saturated carbocycles. The highest BCUT2D eigenvalue weighted by atomic mass is 16.3. The third kappa shape index (κ3) is 2.57. The maximum absolute atomic E-state index is 9.92. The zero-order valence-electron chi connectivity index (χ0n) is 9.97. The molecule has 17 heavy (non-hydrogen) atoms. The lowest BCUT2D eigenvalue weighted by Crippen LogP contribution is -2.36. The Bertz CT molecular complexity index is 392. The van der Waals surface area contributed by atoms with Gasteiger partial charge in [-0.25, -0.2) is 9.97 Å². The lowest BCUT2D eigenvalue weighted by molar-refractivity contribution is 0.116. The summed E-state index contributed by atoms with van der Waals surface area (Å²) >= 11 is 0. The van der Waals surface area contributed by atoms with E-state index in [2.05, 4.69) is 15.3 Å². The van der Waals surface area contributed by atoms with Crippen LogP contribution in [0.2, 0.25) is 0 Å². The second-order valence-corrected chi connectivity index (χ2v) is 5.18. The van der Waals surface area contributed by atoms with Crippen LogP contribution in [0.1, 0.15) is 50.3 Å². The van der Waals surface area contributed by atoms with Crippen LogP contribution in [0.15, 0.2) is 12.3 Å². The third-order valence-corrected chi connectivity index (χ3v) is 3.68. The Hall–Kier alpha value is -1.16. The van der Waals surface area contributed by atoms with E-state index in [0.717, 1.165) is 30.9 Å². The van der Waals surface area contributed by atoms with Crippen molar-refractivity contribution in [3.8, 4) is 0 Å². The maximum Gasteiger partial charge on any atom is 0.133 e. The summed E-state index contributed by atoms with van der Waals surface area (Å²) in [5.41, 5.74) is 0. The number of aliphatic hydroxyl groups excluding tert-OH is 1. The first kappa shape index (κ1) is 11.0. The zero-order chi connectivity index (χ0) is 11.7. The average Bonchev–Trinajstić information content (AvgIpc) is 3.17. The van der Waals surface area contributed by atoms with Crippen molar-refractivity contribution in [2.24, 2.45) is 0 Å². The normalized spacial score (nSPS) is 29.0. The van der Waals surface area contributed by atoms with Crippen molar-refractivity contribution < 1.29 is 5.11 Å². The molecule has 1 heterocycles. The van der Waals surface area contributed by atoms with Gasteiger partial charge in [0.05, 0.1) is 12.1 Å². The fraction of sp³-hybridized carbons (Fsp3) is 0.692. The lowest BCUT2D eigenvalue weighted by atomic mass is 9.93. The monoisotopic (exact) mass is 233 g/mol. The molecule has 0 saturated heterocycles. The molecular weight excluding hydrogens is 214 g/mol. The minimum absolute atomic E-state index is 0.158. The van der Waals surface area contributed by atoms with Crippen LogP contribution in [0.3, 0.4) is 0 Å². The number of hydrogen-bond donors (Lipinski definition) is 2. The number of anilines is 1. The van der Waals surface area contributed by atoms with Crippen molar-refractivity contribution in [3.63, 3.8) is 0 Å². The lowest BCUT2D eigenvalue weighted by Gasteiger charge is -2.28. The van der Waals surface area contributed by atoms with E-state index in [1.165, 1.54) is 19.3 Å². The van der Waals surface area contributed by atoms with Gasteiger partial charge in [0.25, 0.3) is 0 Å². The van der Waals surface area contributed by atoms with Crippen LogP contribution in [0.25, 0.3) is 0 Å². The first-order chi connectivity index (χ1) is 8.33.